The van der Waals surface area contributed by atoms with Crippen LogP contribution in [0.4, 0.5) is 0 Å². The molecule has 0 fully saturated rings. The number of unbranched alkanes of at least 4 members (excludes halogenated alkanes) is 11. The number of nitrogens with two attached hydrogens (primary N) is 1. The maximum atomic E-state index is 12.5. The lowest BCUT2D eigenvalue weighted by Crippen LogP contribution is -2.29. The minimum absolute atomic E-state index is 0.0220. The summed E-state index contributed by atoms with van der Waals surface area (Å²) in [4.78, 5) is 34.7. The zero-order valence-electron chi connectivity index (χ0n) is 32.8. The van der Waals surface area contributed by atoms with Crippen LogP contribution < -0.4 is 5.73 Å². The lowest BCUT2D eigenvalue weighted by Gasteiger charge is -2.19. The van der Waals surface area contributed by atoms with Crippen LogP contribution in [0.5, 0.6) is 0 Å². The van der Waals surface area contributed by atoms with E-state index in [1.165, 1.54) is 51.4 Å². The molecule has 0 aliphatic heterocycles. The Kier molecular flexibility index (Phi) is 35.9. The number of allylic oxidation sites excluding steroid dienone is 10. The number of rotatable bonds is 36. The number of esters is 2. The molecular weight excluding hydrogens is 693 g/mol. The Hall–Kier alpha value is -2.59. The quantitative estimate of drug-likeness (QED) is 0.0185. The van der Waals surface area contributed by atoms with E-state index in [2.05, 4.69) is 50.3 Å². The standard InChI is InChI=1S/C42H72NO9P/c1-3-5-7-9-11-13-15-17-18-20-22-24-27-31-39(44)32-28-26-30-34-42(46)52-40(38-51-53(47,48)50-36-35-43)37-49-41(45)33-29-25-23-21-19-16-14-12-10-8-6-4-2/h5,7,11,13,17-18,22,24,26-28,31,39-40,44H,3-4,6,8-10,12,14-16,19-21,23,25,29-30,32-38,43H2,1-2H3,(H,47,48)/b7-5-,13-11-,18-17-,24-22-,28-26-,31-27-/t39?,40-/m1/s1. The summed E-state index contributed by atoms with van der Waals surface area (Å²) in [6.45, 7) is 3.38. The Morgan fingerprint density at radius 2 is 1.26 bits per heavy atom. The number of carbonyl (C=O) groups excluding carboxylic acids is 2. The molecule has 0 rings (SSSR count). The maximum Gasteiger partial charge on any atom is 0.472 e. The van der Waals surface area contributed by atoms with E-state index in [0.717, 1.165) is 44.9 Å². The normalized spacial score (nSPS) is 14.7. The van der Waals surface area contributed by atoms with Crippen molar-refractivity contribution in [3.8, 4) is 0 Å². The molecule has 0 aliphatic carbocycles. The number of ether oxygens (including phenoxy) is 2. The molecule has 4 N–H and O–H groups in total. The van der Waals surface area contributed by atoms with Gasteiger partial charge in [0.15, 0.2) is 6.10 Å². The van der Waals surface area contributed by atoms with Gasteiger partial charge in [0, 0.05) is 19.4 Å². The van der Waals surface area contributed by atoms with Gasteiger partial charge in [0.05, 0.1) is 19.3 Å². The Labute approximate surface area is 321 Å². The first kappa shape index (κ1) is 50.4. The molecule has 0 aromatic rings. The zero-order chi connectivity index (χ0) is 39.1. The molecule has 0 spiro atoms. The molecule has 10 nitrogen and oxygen atoms in total. The third-order valence-corrected chi connectivity index (χ3v) is 8.93. The van der Waals surface area contributed by atoms with Crippen molar-refractivity contribution in [2.75, 3.05) is 26.4 Å². The number of aliphatic hydroxyl groups is 1. The van der Waals surface area contributed by atoms with Gasteiger partial charge in [-0.1, -0.05) is 157 Å². The monoisotopic (exact) mass is 765 g/mol. The van der Waals surface area contributed by atoms with Gasteiger partial charge < -0.3 is 25.2 Å². The molecule has 53 heavy (non-hydrogen) atoms. The topological polar surface area (TPSA) is 155 Å². The van der Waals surface area contributed by atoms with E-state index in [0.29, 0.717) is 19.3 Å². The average molecular weight is 766 g/mol. The van der Waals surface area contributed by atoms with Gasteiger partial charge >= 0.3 is 19.8 Å². The zero-order valence-corrected chi connectivity index (χ0v) is 33.7. The van der Waals surface area contributed by atoms with E-state index in [1.54, 1.807) is 18.2 Å². The lowest BCUT2D eigenvalue weighted by atomic mass is 10.0. The molecule has 304 valence electrons. The van der Waals surface area contributed by atoms with Crippen molar-refractivity contribution in [1.82, 2.24) is 0 Å². The highest BCUT2D eigenvalue weighted by atomic mass is 31.2. The molecule has 0 saturated heterocycles. The predicted octanol–water partition coefficient (Wildman–Crippen LogP) is 10.1. The van der Waals surface area contributed by atoms with Crippen LogP contribution in [0.25, 0.3) is 0 Å². The van der Waals surface area contributed by atoms with Crippen LogP contribution in [-0.4, -0.2) is 60.5 Å². The second kappa shape index (κ2) is 37.7. The van der Waals surface area contributed by atoms with Crippen molar-refractivity contribution in [3.63, 3.8) is 0 Å². The van der Waals surface area contributed by atoms with Crippen molar-refractivity contribution in [3.05, 3.63) is 72.9 Å². The first-order valence-corrected chi connectivity index (χ1v) is 21.5. The number of phosphoric ester groups is 1. The summed E-state index contributed by atoms with van der Waals surface area (Å²) in [6, 6.07) is 0. The summed E-state index contributed by atoms with van der Waals surface area (Å²) in [5.41, 5.74) is 5.32. The van der Waals surface area contributed by atoms with E-state index in [1.807, 2.05) is 18.2 Å². The fourth-order valence-electron chi connectivity index (χ4n) is 4.98. The van der Waals surface area contributed by atoms with Gasteiger partial charge in [0.25, 0.3) is 0 Å². The van der Waals surface area contributed by atoms with Gasteiger partial charge in [0.1, 0.15) is 6.61 Å². The Morgan fingerprint density at radius 1 is 0.679 bits per heavy atom. The van der Waals surface area contributed by atoms with Crippen molar-refractivity contribution < 1.29 is 42.7 Å². The highest BCUT2D eigenvalue weighted by Gasteiger charge is 2.25. The van der Waals surface area contributed by atoms with Gasteiger partial charge in [-0.05, 0) is 44.9 Å². The van der Waals surface area contributed by atoms with Gasteiger partial charge in [-0.25, -0.2) is 4.57 Å². The first-order chi connectivity index (χ1) is 25.7. The number of hydrogen-bond donors (Lipinski definition) is 3. The predicted molar refractivity (Wildman–Crippen MR) is 216 cm³/mol. The first-order valence-electron chi connectivity index (χ1n) is 20.0. The minimum atomic E-state index is -4.42. The molecule has 0 saturated carbocycles. The van der Waals surface area contributed by atoms with E-state index in [4.69, 9.17) is 24.3 Å². The highest BCUT2D eigenvalue weighted by molar-refractivity contribution is 7.47. The van der Waals surface area contributed by atoms with Crippen LogP contribution in [0.2, 0.25) is 0 Å². The molecular formula is C42H72NO9P. The van der Waals surface area contributed by atoms with Gasteiger partial charge in [-0.15, -0.1) is 0 Å². The van der Waals surface area contributed by atoms with Crippen molar-refractivity contribution in [1.29, 1.82) is 0 Å². The molecule has 0 heterocycles. The molecule has 0 amide bonds. The van der Waals surface area contributed by atoms with Gasteiger partial charge in [0.2, 0.25) is 0 Å². The molecule has 0 radical (unpaired) electrons. The number of phosphoric acid groups is 1. The molecule has 0 aromatic carbocycles. The van der Waals surface area contributed by atoms with Gasteiger partial charge in [-0.2, -0.15) is 0 Å². The van der Waals surface area contributed by atoms with E-state index in [-0.39, 0.29) is 32.6 Å². The smallest absolute Gasteiger partial charge is 0.462 e. The van der Waals surface area contributed by atoms with Crippen LogP contribution in [0.15, 0.2) is 72.9 Å². The molecule has 0 aromatic heterocycles. The Morgan fingerprint density at radius 3 is 1.87 bits per heavy atom. The summed E-state index contributed by atoms with van der Waals surface area (Å²) >= 11 is 0. The highest BCUT2D eigenvalue weighted by Crippen LogP contribution is 2.43. The average Bonchev–Trinajstić information content (AvgIpc) is 3.14. The van der Waals surface area contributed by atoms with E-state index < -0.39 is 38.6 Å². The Bertz CT molecular complexity index is 1120. The molecule has 11 heteroatoms. The summed E-state index contributed by atoms with van der Waals surface area (Å²) in [6.07, 6.45) is 41.1. The third-order valence-electron chi connectivity index (χ3n) is 7.95. The van der Waals surface area contributed by atoms with Crippen LogP contribution >= 0.6 is 7.82 Å². The van der Waals surface area contributed by atoms with Gasteiger partial charge in [-0.3, -0.25) is 18.6 Å². The van der Waals surface area contributed by atoms with Crippen LogP contribution in [0.1, 0.15) is 142 Å². The SMILES string of the molecule is CC/C=C\C/C=C\C/C=C\C/C=C\C=C/C(O)C/C=C\CCC(=O)O[C@H](COC(=O)CCCCCCCCCCCCCC)COP(=O)(O)OCCN. The summed E-state index contributed by atoms with van der Waals surface area (Å²) in [5.74, 6) is -1.02. The van der Waals surface area contributed by atoms with Crippen LogP contribution in [0, 0.1) is 0 Å². The second-order valence-corrected chi connectivity index (χ2v) is 14.4. The lowest BCUT2D eigenvalue weighted by molar-refractivity contribution is -0.161. The maximum absolute atomic E-state index is 12.5. The van der Waals surface area contributed by atoms with Crippen LogP contribution in [0.3, 0.4) is 0 Å². The summed E-state index contributed by atoms with van der Waals surface area (Å²) < 4.78 is 32.5. The van der Waals surface area contributed by atoms with E-state index >= 15 is 0 Å². The summed E-state index contributed by atoms with van der Waals surface area (Å²) in [7, 11) is -4.42. The molecule has 0 aliphatic rings. The second-order valence-electron chi connectivity index (χ2n) is 13.0. The number of aliphatic hydroxyl groups excluding tert-OH is 1. The van der Waals surface area contributed by atoms with E-state index in [9.17, 15) is 24.2 Å². The number of hydrogen-bond acceptors (Lipinski definition) is 9. The number of carbonyl (C=O) groups is 2. The fraction of sp³-hybridized carbons (Fsp3) is 0.667. The molecule has 0 bridgehead atoms. The molecule has 3 atom stereocenters. The summed E-state index contributed by atoms with van der Waals surface area (Å²) in [5, 5.41) is 10.2. The fourth-order valence-corrected chi connectivity index (χ4v) is 5.74. The third kappa shape index (κ3) is 37.5. The Balaban J connectivity index is 4.45. The minimum Gasteiger partial charge on any atom is -0.462 e. The largest absolute Gasteiger partial charge is 0.472 e. The van der Waals surface area contributed by atoms with Crippen molar-refractivity contribution in [2.24, 2.45) is 5.73 Å². The van der Waals surface area contributed by atoms with Crippen molar-refractivity contribution >= 4 is 19.8 Å². The molecule has 2 unspecified atom stereocenters. The van der Waals surface area contributed by atoms with Crippen LogP contribution in [-0.2, 0) is 32.7 Å². The van der Waals surface area contributed by atoms with Crippen molar-refractivity contribution in [2.45, 2.75) is 154 Å².